The van der Waals surface area contributed by atoms with E-state index in [2.05, 4.69) is 11.1 Å². The topological polar surface area (TPSA) is 103 Å². The van der Waals surface area contributed by atoms with Crippen LogP contribution >= 0.6 is 0 Å². The fourth-order valence-electron chi connectivity index (χ4n) is 4.07. The molecule has 1 heterocycles. The molecule has 2 aromatic carbocycles. The Hall–Kier alpha value is -2.68. The summed E-state index contributed by atoms with van der Waals surface area (Å²) in [6, 6.07) is 13.7. The van der Waals surface area contributed by atoms with E-state index < -0.39 is 11.3 Å². The normalized spacial score (nSPS) is 16.8. The van der Waals surface area contributed by atoms with Crippen LogP contribution in [0.5, 0.6) is 0 Å². The highest BCUT2D eigenvalue weighted by molar-refractivity contribution is 7.80. The van der Waals surface area contributed by atoms with E-state index in [0.717, 1.165) is 47.8 Å². The third-order valence-corrected chi connectivity index (χ3v) is 6.52. The number of nitrogens with zero attached hydrogens (tertiary/aromatic N) is 2. The summed E-state index contributed by atoms with van der Waals surface area (Å²) in [5, 5.41) is 1.15. The van der Waals surface area contributed by atoms with Crippen LogP contribution in [0.2, 0.25) is 0 Å². The number of fused-ring (bicyclic) bond motifs is 3. The SMILES string of the molecule is CN(c1ccc(CCN(C=O)c2ccc3[nH]c4c(c3c2)CC(N)CC4)cc1)S(=O)O. The van der Waals surface area contributed by atoms with Gasteiger partial charge in [0.15, 0.2) is 0 Å². The van der Waals surface area contributed by atoms with Crippen molar-refractivity contribution < 1.29 is 13.6 Å². The summed E-state index contributed by atoms with van der Waals surface area (Å²) in [6.45, 7) is 0.544. The van der Waals surface area contributed by atoms with Crippen molar-refractivity contribution in [3.63, 3.8) is 0 Å². The first kappa shape index (κ1) is 20.6. The van der Waals surface area contributed by atoms with Gasteiger partial charge in [-0.3, -0.25) is 13.7 Å². The number of aromatic amines is 1. The van der Waals surface area contributed by atoms with Gasteiger partial charge in [0.1, 0.15) is 0 Å². The van der Waals surface area contributed by atoms with Gasteiger partial charge in [0, 0.05) is 41.9 Å². The molecule has 1 aliphatic carbocycles. The Morgan fingerprint density at radius 2 is 1.97 bits per heavy atom. The first-order chi connectivity index (χ1) is 14.5. The van der Waals surface area contributed by atoms with Gasteiger partial charge in [-0.2, -0.15) is 0 Å². The fourth-order valence-corrected chi connectivity index (χ4v) is 4.37. The number of nitrogens with one attached hydrogen (secondary N) is 1. The average molecular weight is 427 g/mol. The number of anilines is 2. The molecule has 2 unspecified atom stereocenters. The number of nitrogens with two attached hydrogens (primary N) is 1. The maximum absolute atomic E-state index is 11.8. The van der Waals surface area contributed by atoms with Crippen molar-refractivity contribution in [2.75, 3.05) is 22.8 Å². The van der Waals surface area contributed by atoms with E-state index in [1.54, 1.807) is 24.1 Å². The third kappa shape index (κ3) is 4.12. The number of benzene rings is 2. The summed E-state index contributed by atoms with van der Waals surface area (Å²) in [7, 11) is 1.56. The van der Waals surface area contributed by atoms with Crippen LogP contribution in [0.1, 0.15) is 23.2 Å². The van der Waals surface area contributed by atoms with E-state index in [1.807, 2.05) is 24.3 Å². The highest BCUT2D eigenvalue weighted by Gasteiger charge is 2.20. The molecule has 3 aromatic rings. The first-order valence-electron chi connectivity index (χ1n) is 10.0. The molecule has 1 amide bonds. The third-order valence-electron chi connectivity index (χ3n) is 5.84. The molecule has 0 radical (unpaired) electrons. The van der Waals surface area contributed by atoms with Gasteiger partial charge in [-0.1, -0.05) is 12.1 Å². The molecule has 1 aromatic heterocycles. The molecule has 0 bridgehead atoms. The average Bonchev–Trinajstić information content (AvgIpc) is 3.11. The summed E-state index contributed by atoms with van der Waals surface area (Å²) in [6.07, 6.45) is 4.37. The lowest BCUT2D eigenvalue weighted by Crippen LogP contribution is -2.27. The van der Waals surface area contributed by atoms with Crippen LogP contribution in [0.15, 0.2) is 42.5 Å². The molecule has 4 rings (SSSR count). The maximum Gasteiger partial charge on any atom is 0.261 e. The van der Waals surface area contributed by atoms with Crippen LogP contribution in [0.4, 0.5) is 11.4 Å². The quantitative estimate of drug-likeness (QED) is 0.399. The van der Waals surface area contributed by atoms with E-state index in [1.165, 1.54) is 15.6 Å². The smallest absolute Gasteiger partial charge is 0.261 e. The van der Waals surface area contributed by atoms with Crippen LogP contribution in [-0.2, 0) is 35.3 Å². The van der Waals surface area contributed by atoms with E-state index >= 15 is 0 Å². The highest BCUT2D eigenvalue weighted by atomic mass is 32.2. The van der Waals surface area contributed by atoms with Crippen molar-refractivity contribution >= 4 is 40.0 Å². The number of aryl methyl sites for hydroxylation is 1. The number of hydrogen-bond acceptors (Lipinski definition) is 3. The molecule has 30 heavy (non-hydrogen) atoms. The molecule has 0 aliphatic heterocycles. The molecule has 4 N–H and O–H groups in total. The molecule has 0 spiro atoms. The Morgan fingerprint density at radius 1 is 1.23 bits per heavy atom. The number of H-pyrrole nitrogens is 1. The van der Waals surface area contributed by atoms with Gasteiger partial charge in [-0.25, -0.2) is 4.21 Å². The van der Waals surface area contributed by atoms with Gasteiger partial charge >= 0.3 is 0 Å². The summed E-state index contributed by atoms with van der Waals surface area (Å²) in [5.41, 5.74) is 12.4. The second-order valence-corrected chi connectivity index (χ2v) is 8.77. The second kappa shape index (κ2) is 8.59. The minimum absolute atomic E-state index is 0.188. The fraction of sp³-hybridized carbons (Fsp3) is 0.318. The van der Waals surface area contributed by atoms with Gasteiger partial charge in [-0.05, 0) is 67.1 Å². The van der Waals surface area contributed by atoms with Gasteiger partial charge in [0.2, 0.25) is 6.41 Å². The Morgan fingerprint density at radius 3 is 2.67 bits per heavy atom. The van der Waals surface area contributed by atoms with Crippen molar-refractivity contribution in [1.29, 1.82) is 0 Å². The lowest BCUT2D eigenvalue weighted by Gasteiger charge is -2.20. The molecule has 1 aliphatic rings. The number of carbonyl (C=O) groups excluding carboxylic acids is 1. The largest absolute Gasteiger partial charge is 0.358 e. The molecule has 158 valence electrons. The van der Waals surface area contributed by atoms with Gasteiger partial charge in [0.25, 0.3) is 11.3 Å². The monoisotopic (exact) mass is 426 g/mol. The number of rotatable bonds is 7. The van der Waals surface area contributed by atoms with Crippen LogP contribution in [-0.4, -0.2) is 39.8 Å². The Labute approximate surface area is 178 Å². The van der Waals surface area contributed by atoms with E-state index in [4.69, 9.17) is 10.3 Å². The zero-order valence-corrected chi connectivity index (χ0v) is 17.7. The zero-order valence-electron chi connectivity index (χ0n) is 16.9. The lowest BCUT2D eigenvalue weighted by atomic mass is 9.92. The summed E-state index contributed by atoms with van der Waals surface area (Å²) in [4.78, 5) is 17.0. The minimum Gasteiger partial charge on any atom is -0.358 e. The highest BCUT2D eigenvalue weighted by Crippen LogP contribution is 2.31. The minimum atomic E-state index is -2.05. The number of carbonyl (C=O) groups is 1. The zero-order chi connectivity index (χ0) is 21.3. The molecule has 0 saturated carbocycles. The lowest BCUT2D eigenvalue weighted by molar-refractivity contribution is -0.107. The first-order valence-corrected chi connectivity index (χ1v) is 11.1. The summed E-state index contributed by atoms with van der Waals surface area (Å²) >= 11 is -2.05. The maximum atomic E-state index is 11.8. The predicted octanol–water partition coefficient (Wildman–Crippen LogP) is 2.76. The van der Waals surface area contributed by atoms with Crippen LogP contribution in [0, 0.1) is 0 Å². The molecular formula is C22H26N4O3S. The van der Waals surface area contributed by atoms with Gasteiger partial charge < -0.3 is 15.6 Å². The second-order valence-electron chi connectivity index (χ2n) is 7.76. The van der Waals surface area contributed by atoms with Crippen molar-refractivity contribution in [2.24, 2.45) is 5.73 Å². The molecule has 0 fully saturated rings. The predicted molar refractivity (Wildman–Crippen MR) is 121 cm³/mol. The molecular weight excluding hydrogens is 400 g/mol. The summed E-state index contributed by atoms with van der Waals surface area (Å²) in [5.74, 6) is 0. The molecule has 8 heteroatoms. The standard InChI is InChI=1S/C22H26N4O3S/c1-25(30(28)29)17-5-2-15(3-6-17)10-11-26(14-27)18-7-9-22-20(13-18)19-12-16(23)4-8-21(19)24-22/h2-3,5-7,9,13-14,16,24H,4,8,10-12,23H2,1H3,(H,28,29). The van der Waals surface area contributed by atoms with E-state index in [-0.39, 0.29) is 6.04 Å². The van der Waals surface area contributed by atoms with Crippen molar-refractivity contribution in [1.82, 2.24) is 4.98 Å². The molecule has 7 nitrogen and oxygen atoms in total. The van der Waals surface area contributed by atoms with Crippen molar-refractivity contribution in [2.45, 2.75) is 31.7 Å². The Kier molecular flexibility index (Phi) is 5.90. The summed E-state index contributed by atoms with van der Waals surface area (Å²) < 4.78 is 21.6. The van der Waals surface area contributed by atoms with Crippen LogP contribution < -0.4 is 14.9 Å². The Balaban J connectivity index is 1.50. The molecule has 0 saturated heterocycles. The van der Waals surface area contributed by atoms with Gasteiger partial charge in [-0.15, -0.1) is 0 Å². The van der Waals surface area contributed by atoms with Crippen LogP contribution in [0.25, 0.3) is 10.9 Å². The number of aromatic nitrogens is 1. The Bertz CT molecular complexity index is 1080. The van der Waals surface area contributed by atoms with Crippen LogP contribution in [0.3, 0.4) is 0 Å². The number of hydrogen-bond donors (Lipinski definition) is 3. The van der Waals surface area contributed by atoms with Crippen molar-refractivity contribution in [3.8, 4) is 0 Å². The van der Waals surface area contributed by atoms with E-state index in [9.17, 15) is 9.00 Å². The van der Waals surface area contributed by atoms with E-state index in [0.29, 0.717) is 18.7 Å². The van der Waals surface area contributed by atoms with Crippen molar-refractivity contribution in [3.05, 3.63) is 59.3 Å². The number of amides is 1. The van der Waals surface area contributed by atoms with Gasteiger partial charge in [0.05, 0.1) is 5.69 Å². The molecule has 2 atom stereocenters.